The van der Waals surface area contributed by atoms with E-state index in [9.17, 15) is 14.9 Å². The lowest BCUT2D eigenvalue weighted by atomic mass is 9.97. The number of carbonyl (C=O) groups is 1. The number of non-ortho nitro benzene ring substituents is 1. The van der Waals surface area contributed by atoms with E-state index in [1.54, 1.807) is 12.1 Å². The molecule has 138 valence electrons. The van der Waals surface area contributed by atoms with E-state index in [0.717, 1.165) is 43.6 Å². The zero-order valence-corrected chi connectivity index (χ0v) is 14.8. The van der Waals surface area contributed by atoms with Gasteiger partial charge in [0.05, 0.1) is 4.92 Å². The van der Waals surface area contributed by atoms with Crippen LogP contribution in [0.15, 0.2) is 59.6 Å². The number of aliphatic imine (C=N–C) groups is 1. The van der Waals surface area contributed by atoms with Crippen LogP contribution in [0.1, 0.15) is 24.0 Å². The van der Waals surface area contributed by atoms with Crippen molar-refractivity contribution in [3.05, 3.63) is 75.8 Å². The number of nitro groups is 1. The van der Waals surface area contributed by atoms with Gasteiger partial charge < -0.3 is 5.32 Å². The highest BCUT2D eigenvalue weighted by atomic mass is 16.6. The average Bonchev–Trinajstić information content (AvgIpc) is 3.01. The first-order valence-corrected chi connectivity index (χ1v) is 8.98. The van der Waals surface area contributed by atoms with Crippen LogP contribution in [0.5, 0.6) is 0 Å². The molecule has 1 spiro atoms. The zero-order valence-electron chi connectivity index (χ0n) is 14.8. The van der Waals surface area contributed by atoms with Crippen LogP contribution in [-0.4, -0.2) is 40.2 Å². The van der Waals surface area contributed by atoms with Crippen molar-refractivity contribution in [2.24, 2.45) is 4.99 Å². The van der Waals surface area contributed by atoms with Gasteiger partial charge in [-0.1, -0.05) is 42.5 Å². The van der Waals surface area contributed by atoms with Gasteiger partial charge in [0.25, 0.3) is 11.6 Å². The summed E-state index contributed by atoms with van der Waals surface area (Å²) in [5.74, 6) is -0.106. The molecule has 4 rings (SSSR count). The molecule has 0 aliphatic carbocycles. The van der Waals surface area contributed by atoms with Crippen molar-refractivity contribution < 1.29 is 9.72 Å². The summed E-state index contributed by atoms with van der Waals surface area (Å²) in [5, 5.41) is 13.8. The summed E-state index contributed by atoms with van der Waals surface area (Å²) in [7, 11) is 0. The fourth-order valence-electron chi connectivity index (χ4n) is 3.65. The summed E-state index contributed by atoms with van der Waals surface area (Å²) in [5.41, 5.74) is 2.00. The summed E-state index contributed by atoms with van der Waals surface area (Å²) in [6.07, 6.45) is 1.50. The molecule has 2 heterocycles. The zero-order chi connectivity index (χ0) is 18.9. The number of nitrogens with zero attached hydrogens (tertiary/aromatic N) is 3. The first kappa shape index (κ1) is 17.4. The Labute approximate surface area is 156 Å². The molecule has 27 heavy (non-hydrogen) atoms. The van der Waals surface area contributed by atoms with Crippen LogP contribution < -0.4 is 5.32 Å². The van der Waals surface area contributed by atoms with Crippen molar-refractivity contribution >= 4 is 17.3 Å². The van der Waals surface area contributed by atoms with Gasteiger partial charge in [0.2, 0.25) is 0 Å². The Morgan fingerprint density at radius 2 is 1.74 bits per heavy atom. The van der Waals surface area contributed by atoms with Crippen molar-refractivity contribution in [1.29, 1.82) is 0 Å². The summed E-state index contributed by atoms with van der Waals surface area (Å²) in [6.45, 7) is 2.35. The van der Waals surface area contributed by atoms with E-state index in [2.05, 4.69) is 10.2 Å². The Morgan fingerprint density at radius 1 is 1.07 bits per heavy atom. The maximum Gasteiger partial charge on any atom is 0.272 e. The first-order chi connectivity index (χ1) is 13.0. The van der Waals surface area contributed by atoms with Gasteiger partial charge in [0.1, 0.15) is 11.4 Å². The minimum absolute atomic E-state index is 0.104. The molecule has 0 radical (unpaired) electrons. The Balaban J connectivity index is 1.41. The molecule has 0 unspecified atom stereocenters. The molecular formula is C20H20N4O3. The SMILES string of the molecule is O=C1NC2(CCN(Cc3ccc([N+](=O)[O-])cc3)CC2)N=C1c1ccccc1. The van der Waals surface area contributed by atoms with Gasteiger partial charge in [-0.05, 0) is 5.56 Å². The number of piperidine rings is 1. The van der Waals surface area contributed by atoms with Crippen molar-refractivity contribution in [2.45, 2.75) is 25.0 Å². The van der Waals surface area contributed by atoms with Crippen molar-refractivity contribution in [3.8, 4) is 0 Å². The molecule has 0 aromatic heterocycles. The average molecular weight is 364 g/mol. The maximum atomic E-state index is 12.4. The van der Waals surface area contributed by atoms with Gasteiger partial charge in [-0.2, -0.15) is 0 Å². The molecule has 2 aromatic carbocycles. The van der Waals surface area contributed by atoms with Gasteiger partial charge in [0.15, 0.2) is 0 Å². The third-order valence-corrected chi connectivity index (χ3v) is 5.17. The summed E-state index contributed by atoms with van der Waals surface area (Å²) in [6, 6.07) is 16.2. The number of nitrogens with one attached hydrogen (secondary N) is 1. The molecule has 2 aliphatic rings. The highest BCUT2D eigenvalue weighted by molar-refractivity contribution is 6.46. The molecule has 0 atom stereocenters. The van der Waals surface area contributed by atoms with Gasteiger partial charge in [-0.25, -0.2) is 0 Å². The number of hydrogen-bond acceptors (Lipinski definition) is 5. The van der Waals surface area contributed by atoms with Crippen molar-refractivity contribution in [1.82, 2.24) is 10.2 Å². The number of rotatable bonds is 4. The Bertz CT molecular complexity index is 885. The molecule has 7 nitrogen and oxygen atoms in total. The molecule has 0 bridgehead atoms. The molecule has 0 saturated carbocycles. The van der Waals surface area contributed by atoms with Crippen LogP contribution >= 0.6 is 0 Å². The summed E-state index contributed by atoms with van der Waals surface area (Å²) >= 11 is 0. The fourth-order valence-corrected chi connectivity index (χ4v) is 3.65. The largest absolute Gasteiger partial charge is 0.326 e. The van der Waals surface area contributed by atoms with Crippen LogP contribution in [0.4, 0.5) is 5.69 Å². The smallest absolute Gasteiger partial charge is 0.272 e. The molecular weight excluding hydrogens is 344 g/mol. The quantitative estimate of drug-likeness (QED) is 0.667. The summed E-state index contributed by atoms with van der Waals surface area (Å²) in [4.78, 5) is 29.8. The predicted octanol–water partition coefficient (Wildman–Crippen LogP) is 2.51. The topological polar surface area (TPSA) is 87.8 Å². The monoisotopic (exact) mass is 364 g/mol. The van der Waals surface area contributed by atoms with Gasteiger partial charge in [0, 0.05) is 50.2 Å². The van der Waals surface area contributed by atoms with Crippen LogP contribution in [-0.2, 0) is 11.3 Å². The third kappa shape index (κ3) is 3.59. The second kappa shape index (κ2) is 6.92. The van der Waals surface area contributed by atoms with Crippen molar-refractivity contribution in [2.75, 3.05) is 13.1 Å². The number of benzene rings is 2. The number of amides is 1. The lowest BCUT2D eigenvalue weighted by Gasteiger charge is -2.37. The van der Waals surface area contributed by atoms with E-state index < -0.39 is 5.66 Å². The van der Waals surface area contributed by atoms with Crippen LogP contribution in [0, 0.1) is 10.1 Å². The van der Waals surface area contributed by atoms with Crippen LogP contribution in [0.25, 0.3) is 0 Å². The Morgan fingerprint density at radius 3 is 2.37 bits per heavy atom. The molecule has 7 heteroatoms. The Kier molecular flexibility index (Phi) is 4.45. The van der Waals surface area contributed by atoms with Gasteiger partial charge >= 0.3 is 0 Å². The number of hydrogen-bond donors (Lipinski definition) is 1. The molecule has 1 fully saturated rings. The van der Waals surface area contributed by atoms with Crippen LogP contribution in [0.2, 0.25) is 0 Å². The number of nitro benzene ring substituents is 1. The normalized spacial score (nSPS) is 19.0. The van der Waals surface area contributed by atoms with E-state index in [0.29, 0.717) is 5.71 Å². The predicted molar refractivity (Wildman–Crippen MR) is 101 cm³/mol. The van der Waals surface area contributed by atoms with Gasteiger partial charge in [-0.3, -0.25) is 24.8 Å². The fraction of sp³-hybridized carbons (Fsp3) is 0.300. The van der Waals surface area contributed by atoms with E-state index in [1.165, 1.54) is 12.1 Å². The van der Waals surface area contributed by atoms with Crippen molar-refractivity contribution in [3.63, 3.8) is 0 Å². The third-order valence-electron chi connectivity index (χ3n) is 5.17. The standard InChI is InChI=1S/C20H20N4O3/c25-19-18(16-4-2-1-3-5-16)21-20(22-19)10-12-23(13-11-20)14-15-6-8-17(9-7-15)24(26)27/h1-9H,10-14H2,(H,22,25). The molecule has 1 N–H and O–H groups in total. The van der Waals surface area contributed by atoms with E-state index >= 15 is 0 Å². The summed E-state index contributed by atoms with van der Waals surface area (Å²) < 4.78 is 0. The highest BCUT2D eigenvalue weighted by Gasteiger charge is 2.41. The number of likely N-dealkylation sites (tertiary alicyclic amines) is 1. The lowest BCUT2D eigenvalue weighted by Crippen LogP contribution is -2.50. The van der Waals surface area contributed by atoms with Crippen LogP contribution in [0.3, 0.4) is 0 Å². The number of carbonyl (C=O) groups excluding carboxylic acids is 1. The minimum Gasteiger partial charge on any atom is -0.326 e. The second-order valence-electron chi connectivity index (χ2n) is 7.01. The maximum absolute atomic E-state index is 12.4. The second-order valence-corrected chi connectivity index (χ2v) is 7.01. The molecule has 2 aromatic rings. The molecule has 2 aliphatic heterocycles. The van der Waals surface area contributed by atoms with E-state index in [1.807, 2.05) is 30.3 Å². The van der Waals surface area contributed by atoms with Gasteiger partial charge in [-0.15, -0.1) is 0 Å². The molecule has 1 amide bonds. The molecule has 1 saturated heterocycles. The lowest BCUT2D eigenvalue weighted by molar-refractivity contribution is -0.384. The minimum atomic E-state index is -0.506. The highest BCUT2D eigenvalue weighted by Crippen LogP contribution is 2.29. The van der Waals surface area contributed by atoms with E-state index in [-0.39, 0.29) is 16.5 Å². The first-order valence-electron chi connectivity index (χ1n) is 8.98. The Hall–Kier alpha value is -3.06. The van der Waals surface area contributed by atoms with E-state index in [4.69, 9.17) is 4.99 Å².